The fraction of sp³-hybridized carbons (Fsp3) is 0.552. The lowest BCUT2D eigenvalue weighted by molar-refractivity contribution is -0.140. The van der Waals surface area contributed by atoms with Crippen LogP contribution in [0.25, 0.3) is 27.1 Å². The molecule has 2 saturated heterocycles. The van der Waals surface area contributed by atoms with Gasteiger partial charge in [-0.15, -0.1) is 11.3 Å². The number of rotatable bonds is 5. The lowest BCUT2D eigenvalue weighted by Gasteiger charge is -2.35. The average molecular weight is 520 g/mol. The summed E-state index contributed by atoms with van der Waals surface area (Å²) in [7, 11) is 0. The first kappa shape index (κ1) is 24.6. The summed E-state index contributed by atoms with van der Waals surface area (Å²) in [4.78, 5) is 26.1. The van der Waals surface area contributed by atoms with E-state index in [9.17, 15) is 4.79 Å². The van der Waals surface area contributed by atoms with Gasteiger partial charge in [-0.3, -0.25) is 4.79 Å². The molecule has 6 heterocycles. The Balaban J connectivity index is 1.31. The van der Waals surface area contributed by atoms with Gasteiger partial charge in [0.05, 0.1) is 18.2 Å². The lowest BCUT2D eigenvalue weighted by atomic mass is 9.88. The van der Waals surface area contributed by atoms with E-state index in [-0.39, 0.29) is 5.92 Å². The topological polar surface area (TPSA) is 75.5 Å². The van der Waals surface area contributed by atoms with E-state index in [1.165, 1.54) is 31.9 Å². The number of aromatic nitrogens is 4. The number of aromatic amines is 1. The van der Waals surface area contributed by atoms with Crippen molar-refractivity contribution in [3.8, 4) is 11.3 Å². The highest BCUT2D eigenvalue weighted by atomic mass is 32.1. The van der Waals surface area contributed by atoms with Crippen molar-refractivity contribution in [1.82, 2.24) is 24.5 Å². The van der Waals surface area contributed by atoms with Crippen molar-refractivity contribution in [2.75, 3.05) is 26.3 Å². The molecule has 4 aromatic heterocycles. The Labute approximate surface area is 222 Å². The summed E-state index contributed by atoms with van der Waals surface area (Å²) in [6.07, 6.45) is 8.78. The number of H-pyrrole nitrogens is 1. The fourth-order valence-electron chi connectivity index (χ4n) is 6.43. The first-order valence-corrected chi connectivity index (χ1v) is 14.6. The summed E-state index contributed by atoms with van der Waals surface area (Å²) in [5.41, 5.74) is 7.28. The Morgan fingerprint density at radius 1 is 1.27 bits per heavy atom. The zero-order valence-electron chi connectivity index (χ0n) is 22.3. The van der Waals surface area contributed by atoms with Crippen LogP contribution in [0, 0.1) is 12.8 Å². The van der Waals surface area contributed by atoms with Crippen molar-refractivity contribution >= 4 is 33.1 Å². The first-order chi connectivity index (χ1) is 18.0. The van der Waals surface area contributed by atoms with Gasteiger partial charge in [-0.25, -0.2) is 9.50 Å². The average Bonchev–Trinajstić information content (AvgIpc) is 3.62. The molecule has 2 fully saturated rings. The van der Waals surface area contributed by atoms with Crippen LogP contribution in [0.4, 0.5) is 0 Å². The van der Waals surface area contributed by atoms with Crippen LogP contribution in [0.3, 0.4) is 0 Å². The molecule has 4 aromatic rings. The van der Waals surface area contributed by atoms with Crippen LogP contribution in [-0.4, -0.2) is 56.7 Å². The second kappa shape index (κ2) is 9.87. The molecule has 0 spiro atoms. The molecule has 7 nitrogen and oxygen atoms in total. The van der Waals surface area contributed by atoms with Crippen LogP contribution >= 0.6 is 11.3 Å². The zero-order valence-corrected chi connectivity index (χ0v) is 23.2. The number of ether oxygens (including phenoxy) is 1. The number of carbonyl (C=O) groups is 1. The Hall–Kier alpha value is -2.71. The van der Waals surface area contributed by atoms with Crippen LogP contribution in [0.2, 0.25) is 0 Å². The molecule has 8 heteroatoms. The van der Waals surface area contributed by atoms with Crippen LogP contribution < -0.4 is 0 Å². The molecule has 2 aliphatic heterocycles. The van der Waals surface area contributed by atoms with Crippen LogP contribution in [0.15, 0.2) is 18.6 Å². The smallest absolute Gasteiger partial charge is 0.228 e. The van der Waals surface area contributed by atoms with E-state index in [1.54, 1.807) is 6.33 Å². The van der Waals surface area contributed by atoms with Gasteiger partial charge in [0, 0.05) is 41.7 Å². The standard InChI is InChI=1S/C29H37N5O2S/c1-5-22-24-23(17(2)3)25(21-13-18(4)27-30-16-31-34(27)14-21)32-28(24)37-26(22)19-8-10-33(11-9-19)29(35)20-7-6-12-36-15-20/h13-14,16-17,19-20,32H,5-12,15H2,1-4H3/t20-/m1/s1. The third-order valence-corrected chi connectivity index (χ3v) is 9.59. The van der Waals surface area contributed by atoms with Gasteiger partial charge in [-0.2, -0.15) is 5.10 Å². The molecular weight excluding hydrogens is 482 g/mol. The Kier molecular flexibility index (Phi) is 6.57. The minimum Gasteiger partial charge on any atom is -0.381 e. The molecule has 37 heavy (non-hydrogen) atoms. The van der Waals surface area contributed by atoms with Crippen LogP contribution in [-0.2, 0) is 16.0 Å². The normalized spacial score (nSPS) is 19.5. The minimum atomic E-state index is 0.0591. The van der Waals surface area contributed by atoms with E-state index in [4.69, 9.17) is 4.74 Å². The summed E-state index contributed by atoms with van der Waals surface area (Å²) in [5.74, 6) is 1.27. The monoisotopic (exact) mass is 519 g/mol. The van der Waals surface area contributed by atoms with Gasteiger partial charge in [-0.1, -0.05) is 20.8 Å². The van der Waals surface area contributed by atoms with Gasteiger partial charge in [0.1, 0.15) is 11.2 Å². The van der Waals surface area contributed by atoms with Gasteiger partial charge < -0.3 is 14.6 Å². The number of pyridine rings is 1. The van der Waals surface area contributed by atoms with E-state index in [0.29, 0.717) is 24.3 Å². The van der Waals surface area contributed by atoms with E-state index in [2.05, 4.69) is 59.9 Å². The van der Waals surface area contributed by atoms with Crippen molar-refractivity contribution in [1.29, 1.82) is 0 Å². The summed E-state index contributed by atoms with van der Waals surface area (Å²) in [5, 5.41) is 5.82. The maximum atomic E-state index is 13.0. The highest BCUT2D eigenvalue weighted by Crippen LogP contribution is 2.46. The van der Waals surface area contributed by atoms with Gasteiger partial charge in [-0.05, 0) is 73.6 Å². The predicted molar refractivity (Wildman–Crippen MR) is 148 cm³/mol. The molecule has 6 rings (SSSR count). The largest absolute Gasteiger partial charge is 0.381 e. The summed E-state index contributed by atoms with van der Waals surface area (Å²) in [6.45, 7) is 12.1. The van der Waals surface area contributed by atoms with Gasteiger partial charge >= 0.3 is 0 Å². The molecule has 1 amide bonds. The molecule has 1 N–H and O–H groups in total. The third kappa shape index (κ3) is 4.28. The number of thiophene rings is 1. The molecule has 0 saturated carbocycles. The second-order valence-corrected chi connectivity index (χ2v) is 12.1. The second-order valence-electron chi connectivity index (χ2n) is 11.0. The van der Waals surface area contributed by atoms with Crippen molar-refractivity contribution in [2.45, 2.75) is 71.6 Å². The van der Waals surface area contributed by atoms with Crippen LogP contribution in [0.5, 0.6) is 0 Å². The van der Waals surface area contributed by atoms with Crippen LogP contribution in [0.1, 0.15) is 79.9 Å². The third-order valence-electron chi connectivity index (χ3n) is 8.28. The number of likely N-dealkylation sites (tertiary alicyclic amines) is 1. The Morgan fingerprint density at radius 3 is 2.78 bits per heavy atom. The molecule has 0 radical (unpaired) electrons. The maximum Gasteiger partial charge on any atom is 0.228 e. The highest BCUT2D eigenvalue weighted by molar-refractivity contribution is 7.19. The summed E-state index contributed by atoms with van der Waals surface area (Å²) in [6, 6.07) is 2.22. The fourth-order valence-corrected chi connectivity index (χ4v) is 7.91. The molecule has 0 bridgehead atoms. The molecule has 0 aliphatic carbocycles. The number of fused-ring (bicyclic) bond motifs is 2. The Bertz CT molecular complexity index is 1430. The number of hydrogen-bond acceptors (Lipinski definition) is 5. The summed E-state index contributed by atoms with van der Waals surface area (Å²) >= 11 is 1.94. The quantitative estimate of drug-likeness (QED) is 0.347. The number of amides is 1. The lowest BCUT2D eigenvalue weighted by Crippen LogP contribution is -2.43. The number of nitrogens with zero attached hydrogens (tertiary/aromatic N) is 4. The zero-order chi connectivity index (χ0) is 25.7. The maximum absolute atomic E-state index is 13.0. The number of hydrogen-bond donors (Lipinski definition) is 1. The number of nitrogens with one attached hydrogen (secondary N) is 1. The van der Waals surface area contributed by atoms with Gasteiger partial charge in [0.25, 0.3) is 0 Å². The van der Waals surface area contributed by atoms with Crippen molar-refractivity contribution in [3.05, 3.63) is 40.2 Å². The van der Waals surface area contributed by atoms with Crippen molar-refractivity contribution in [2.24, 2.45) is 5.92 Å². The number of carbonyl (C=O) groups excluding carboxylic acids is 1. The molecule has 0 unspecified atom stereocenters. The molecule has 1 atom stereocenters. The van der Waals surface area contributed by atoms with E-state index >= 15 is 0 Å². The SMILES string of the molecule is CCc1c(C2CCN(C(=O)[C@@H]3CCCOC3)CC2)sc2[nH]c(-c3cc(C)c4ncnn4c3)c(C(C)C)c12. The van der Waals surface area contributed by atoms with Crippen molar-refractivity contribution < 1.29 is 9.53 Å². The van der Waals surface area contributed by atoms with E-state index < -0.39 is 0 Å². The molecule has 196 valence electrons. The van der Waals surface area contributed by atoms with E-state index in [0.717, 1.165) is 68.6 Å². The Morgan fingerprint density at radius 2 is 2.08 bits per heavy atom. The summed E-state index contributed by atoms with van der Waals surface area (Å²) < 4.78 is 7.46. The first-order valence-electron chi connectivity index (χ1n) is 13.8. The highest BCUT2D eigenvalue weighted by Gasteiger charge is 2.32. The van der Waals surface area contributed by atoms with E-state index in [1.807, 2.05) is 15.9 Å². The van der Waals surface area contributed by atoms with Gasteiger partial charge in [0.15, 0.2) is 5.65 Å². The predicted octanol–water partition coefficient (Wildman–Crippen LogP) is 6.07. The van der Waals surface area contributed by atoms with Gasteiger partial charge in [0.2, 0.25) is 5.91 Å². The molecule has 2 aliphatic rings. The molecule has 0 aromatic carbocycles. The number of piperidine rings is 1. The van der Waals surface area contributed by atoms with Crippen molar-refractivity contribution in [3.63, 3.8) is 0 Å². The molecular formula is C29H37N5O2S. The number of aryl methyl sites for hydroxylation is 2. The minimum absolute atomic E-state index is 0.0591.